The second-order valence-corrected chi connectivity index (χ2v) is 12.4. The van der Waals surface area contributed by atoms with Crippen molar-refractivity contribution in [3.05, 3.63) is 53.1 Å². The van der Waals surface area contributed by atoms with Gasteiger partial charge in [-0.3, -0.25) is 0 Å². The summed E-state index contributed by atoms with van der Waals surface area (Å²) < 4.78 is 55.7. The predicted octanol–water partition coefficient (Wildman–Crippen LogP) is 3.05. The molecule has 0 bridgehead atoms. The number of benzene rings is 2. The maximum atomic E-state index is 13.4. The molecule has 1 aliphatic carbocycles. The van der Waals surface area contributed by atoms with Crippen molar-refractivity contribution in [2.75, 3.05) is 0 Å². The van der Waals surface area contributed by atoms with Gasteiger partial charge in [0.05, 0.1) is 20.8 Å². The van der Waals surface area contributed by atoms with Gasteiger partial charge in [0.15, 0.2) is 0 Å². The Labute approximate surface area is 178 Å². The number of hydrogen-bond donors (Lipinski definition) is 2. The number of sulfone groups is 1. The highest BCUT2D eigenvalue weighted by atomic mass is 32.2. The fourth-order valence-corrected chi connectivity index (χ4v) is 8.24. The Bertz CT molecular complexity index is 1210. The van der Waals surface area contributed by atoms with Gasteiger partial charge >= 0.3 is 0 Å². The maximum absolute atomic E-state index is 13.4. The molecule has 6 nitrogen and oxygen atoms in total. The van der Waals surface area contributed by atoms with E-state index in [2.05, 4.69) is 4.72 Å². The topological polar surface area (TPSA) is 101 Å². The highest BCUT2D eigenvalue weighted by Gasteiger charge is 2.41. The minimum atomic E-state index is -3.90. The van der Waals surface area contributed by atoms with E-state index in [0.717, 1.165) is 0 Å². The van der Waals surface area contributed by atoms with Gasteiger partial charge in [-0.1, -0.05) is 38.1 Å². The Morgan fingerprint density at radius 1 is 1.00 bits per heavy atom. The molecule has 4 rings (SSSR count). The number of sulfonamides is 1. The number of aliphatic hydroxyl groups is 1. The molecule has 0 saturated heterocycles. The van der Waals surface area contributed by atoms with Gasteiger partial charge < -0.3 is 5.11 Å². The van der Waals surface area contributed by atoms with Crippen molar-refractivity contribution in [3.63, 3.8) is 0 Å². The summed E-state index contributed by atoms with van der Waals surface area (Å²) in [5.41, 5.74) is 1.27. The van der Waals surface area contributed by atoms with Crippen molar-refractivity contribution in [1.82, 2.24) is 4.72 Å². The molecular weight excluding hydrogens is 422 g/mol. The molecule has 2 N–H and O–H groups in total. The largest absolute Gasteiger partial charge is 0.393 e. The zero-order chi connectivity index (χ0) is 21.9. The highest BCUT2D eigenvalue weighted by Crippen LogP contribution is 2.46. The Kier molecular flexibility index (Phi) is 5.12. The lowest BCUT2D eigenvalue weighted by Crippen LogP contribution is -2.39. The van der Waals surface area contributed by atoms with Gasteiger partial charge in [-0.15, -0.1) is 0 Å². The fourth-order valence-electron chi connectivity index (χ4n) is 4.63. The van der Waals surface area contributed by atoms with Crippen molar-refractivity contribution >= 4 is 19.9 Å². The van der Waals surface area contributed by atoms with Gasteiger partial charge in [0.1, 0.15) is 0 Å². The van der Waals surface area contributed by atoms with E-state index in [9.17, 15) is 21.9 Å². The van der Waals surface area contributed by atoms with Crippen LogP contribution in [0, 0.1) is 6.92 Å². The maximum Gasteiger partial charge on any atom is 0.241 e. The van der Waals surface area contributed by atoms with Gasteiger partial charge in [0.2, 0.25) is 19.9 Å². The van der Waals surface area contributed by atoms with E-state index in [1.807, 2.05) is 26.0 Å². The van der Waals surface area contributed by atoms with E-state index in [-0.39, 0.29) is 26.8 Å². The monoisotopic (exact) mass is 449 g/mol. The minimum Gasteiger partial charge on any atom is -0.393 e. The third-order valence-electron chi connectivity index (χ3n) is 6.40. The summed E-state index contributed by atoms with van der Waals surface area (Å²) in [4.78, 5) is 0.270. The van der Waals surface area contributed by atoms with Gasteiger partial charge in [-0.05, 0) is 61.4 Å². The Hall–Kier alpha value is -1.74. The first kappa shape index (κ1) is 21.5. The van der Waals surface area contributed by atoms with Gasteiger partial charge in [0, 0.05) is 11.5 Å². The molecule has 1 aliphatic heterocycles. The van der Waals surface area contributed by atoms with Crippen LogP contribution in [0.2, 0.25) is 0 Å². The summed E-state index contributed by atoms with van der Waals surface area (Å²) in [6.07, 6.45) is 1.83. The minimum absolute atomic E-state index is 0.00821. The van der Waals surface area contributed by atoms with Crippen LogP contribution in [0.4, 0.5) is 0 Å². The summed E-state index contributed by atoms with van der Waals surface area (Å²) in [6.45, 7) is 5.61. The van der Waals surface area contributed by atoms with E-state index < -0.39 is 25.3 Å². The third kappa shape index (κ3) is 3.39. The van der Waals surface area contributed by atoms with Crippen molar-refractivity contribution in [2.24, 2.45) is 0 Å². The van der Waals surface area contributed by atoms with E-state index >= 15 is 0 Å². The van der Waals surface area contributed by atoms with Gasteiger partial charge in [-0.2, -0.15) is 0 Å². The average molecular weight is 450 g/mol. The number of rotatable bonds is 3. The molecule has 162 valence electrons. The van der Waals surface area contributed by atoms with Crippen LogP contribution in [0.1, 0.15) is 56.2 Å². The van der Waals surface area contributed by atoms with Crippen LogP contribution in [0.3, 0.4) is 0 Å². The molecule has 0 amide bonds. The Morgan fingerprint density at radius 2 is 1.63 bits per heavy atom. The zero-order valence-corrected chi connectivity index (χ0v) is 19.0. The van der Waals surface area contributed by atoms with E-state index in [0.29, 0.717) is 42.4 Å². The number of aryl methyl sites for hydroxylation is 1. The predicted molar refractivity (Wildman–Crippen MR) is 114 cm³/mol. The molecule has 30 heavy (non-hydrogen) atoms. The standard InChI is InChI=1S/C22H27NO5S2/c1-14-12-18-21(29(25,26)19-7-5-4-6-17(19)22(18,2)3)13-20(14)30(27,28)23-15-8-10-16(24)11-9-15/h4-7,12-13,15-16,23-24H,8-11H2,1-3H3/t15-,16-. The second kappa shape index (κ2) is 7.15. The van der Waals surface area contributed by atoms with Crippen LogP contribution in [-0.2, 0) is 25.3 Å². The fraction of sp³-hybridized carbons (Fsp3) is 0.455. The summed E-state index contributed by atoms with van der Waals surface area (Å²) in [5.74, 6) is 0. The first-order valence-corrected chi connectivity index (χ1v) is 13.1. The number of fused-ring (bicyclic) bond motifs is 2. The van der Waals surface area contributed by atoms with E-state index in [4.69, 9.17) is 0 Å². The molecule has 8 heteroatoms. The van der Waals surface area contributed by atoms with Crippen molar-refractivity contribution < 1.29 is 21.9 Å². The van der Waals surface area contributed by atoms with Crippen molar-refractivity contribution in [3.8, 4) is 0 Å². The number of aliphatic hydroxyl groups excluding tert-OH is 1. The molecular formula is C22H27NO5S2. The number of hydrogen-bond acceptors (Lipinski definition) is 5. The number of nitrogens with one attached hydrogen (secondary N) is 1. The smallest absolute Gasteiger partial charge is 0.241 e. The Balaban J connectivity index is 1.82. The lowest BCUT2D eigenvalue weighted by atomic mass is 9.77. The summed E-state index contributed by atoms with van der Waals surface area (Å²) in [5, 5.41) is 9.66. The van der Waals surface area contributed by atoms with Crippen molar-refractivity contribution in [1.29, 1.82) is 0 Å². The molecule has 0 unspecified atom stereocenters. The third-order valence-corrected chi connectivity index (χ3v) is 9.91. The lowest BCUT2D eigenvalue weighted by Gasteiger charge is -2.35. The van der Waals surface area contributed by atoms with Gasteiger partial charge in [0.25, 0.3) is 0 Å². The van der Waals surface area contributed by atoms with Crippen LogP contribution in [0.15, 0.2) is 51.1 Å². The molecule has 0 spiro atoms. The molecule has 2 aromatic carbocycles. The van der Waals surface area contributed by atoms with Crippen LogP contribution in [0.5, 0.6) is 0 Å². The molecule has 1 fully saturated rings. The summed E-state index contributed by atoms with van der Waals surface area (Å²) >= 11 is 0. The van der Waals surface area contributed by atoms with E-state index in [1.165, 1.54) is 6.07 Å². The van der Waals surface area contributed by atoms with Crippen LogP contribution >= 0.6 is 0 Å². The van der Waals surface area contributed by atoms with E-state index in [1.54, 1.807) is 25.1 Å². The first-order valence-electron chi connectivity index (χ1n) is 10.1. The SMILES string of the molecule is Cc1cc2c(cc1S(=O)(=O)N[C@H]1CC[C@H](O)CC1)S(=O)(=O)c1ccccc1C2(C)C. The summed E-state index contributed by atoms with van der Waals surface area (Å²) in [7, 11) is -7.74. The van der Waals surface area contributed by atoms with Crippen LogP contribution in [-0.4, -0.2) is 34.1 Å². The van der Waals surface area contributed by atoms with Crippen molar-refractivity contribution in [2.45, 2.75) is 78.7 Å². The summed E-state index contributed by atoms with van der Waals surface area (Å²) in [6, 6.07) is 9.64. The highest BCUT2D eigenvalue weighted by molar-refractivity contribution is 7.92. The first-order chi connectivity index (χ1) is 13.9. The zero-order valence-electron chi connectivity index (χ0n) is 17.3. The molecule has 1 saturated carbocycles. The van der Waals surface area contributed by atoms with Crippen LogP contribution in [0.25, 0.3) is 0 Å². The van der Waals surface area contributed by atoms with Crippen LogP contribution < -0.4 is 4.72 Å². The lowest BCUT2D eigenvalue weighted by molar-refractivity contribution is 0.120. The molecule has 2 aliphatic rings. The molecule has 1 heterocycles. The second-order valence-electron chi connectivity index (χ2n) is 8.87. The van der Waals surface area contributed by atoms with Gasteiger partial charge in [-0.25, -0.2) is 21.6 Å². The molecule has 0 aromatic heterocycles. The molecule has 0 radical (unpaired) electrons. The Morgan fingerprint density at radius 3 is 2.30 bits per heavy atom. The quantitative estimate of drug-likeness (QED) is 0.750. The molecule has 0 atom stereocenters. The molecule has 2 aromatic rings. The average Bonchev–Trinajstić information content (AvgIpc) is 2.68. The normalized spacial score (nSPS) is 24.7.